The second-order valence-electron chi connectivity index (χ2n) is 7.50. The van der Waals surface area contributed by atoms with Crippen molar-refractivity contribution in [3.05, 3.63) is 36.5 Å². The van der Waals surface area contributed by atoms with Crippen LogP contribution in [0, 0.1) is 5.92 Å². The summed E-state index contributed by atoms with van der Waals surface area (Å²) in [5.41, 5.74) is 6.65. The lowest BCUT2D eigenvalue weighted by Crippen LogP contribution is -2.46. The zero-order chi connectivity index (χ0) is 24.9. The molecule has 3 rings (SSSR count). The van der Waals surface area contributed by atoms with Crippen LogP contribution in [0.2, 0.25) is 0 Å². The highest BCUT2D eigenvalue weighted by molar-refractivity contribution is 5.84. The number of benzene rings is 1. The summed E-state index contributed by atoms with van der Waals surface area (Å²) in [4.78, 5) is 24.8. The van der Waals surface area contributed by atoms with Crippen LogP contribution in [0.4, 0.5) is 36.6 Å². The number of carbonyl (C=O) groups is 1. The summed E-state index contributed by atoms with van der Waals surface area (Å²) < 4.78 is 43.7. The third kappa shape index (κ3) is 6.46. The predicted molar refractivity (Wildman–Crippen MR) is 127 cm³/mol. The fourth-order valence-corrected chi connectivity index (χ4v) is 2.85. The van der Waals surface area contributed by atoms with Crippen molar-refractivity contribution < 1.29 is 28.4 Å². The number of carbonyl (C=O) groups excluding carboxylic acids is 1. The Hall–Kier alpha value is -4.10. The number of rotatable bonds is 9. The van der Waals surface area contributed by atoms with Gasteiger partial charge in [0.15, 0.2) is 0 Å². The van der Waals surface area contributed by atoms with Crippen LogP contribution in [0.25, 0.3) is 5.95 Å². The zero-order valence-electron chi connectivity index (χ0n) is 18.6. The van der Waals surface area contributed by atoms with Crippen molar-refractivity contribution in [2.45, 2.75) is 26.1 Å². The van der Waals surface area contributed by atoms with Crippen LogP contribution < -0.4 is 26.4 Å². The van der Waals surface area contributed by atoms with E-state index in [0.717, 1.165) is 0 Å². The molecule has 1 atom stereocenters. The van der Waals surface area contributed by atoms with Gasteiger partial charge in [0, 0.05) is 17.6 Å². The standard InChI is InChI=1S/C20H24F3N9O2.4H2/c1-11(2)15(16(33)26-10-20(21,22)23)28-14-8-9-25-19(29-14)32-17(24)30-18(31-32)27-12-4-6-13(34-3)7-5-12;;;;/h4-9,11,15H,10H2,1-3H3,(H,26,33)(H,25,28,29)(H3,24,27,30,31);4*1H/t15-;;;;/m0..../s1. The van der Waals surface area contributed by atoms with Gasteiger partial charge in [-0.2, -0.15) is 27.8 Å². The van der Waals surface area contributed by atoms with E-state index in [1.54, 1.807) is 45.2 Å². The van der Waals surface area contributed by atoms with Gasteiger partial charge in [-0.3, -0.25) is 4.79 Å². The van der Waals surface area contributed by atoms with Crippen molar-refractivity contribution in [2.24, 2.45) is 5.92 Å². The van der Waals surface area contributed by atoms with Gasteiger partial charge in [-0.15, -0.1) is 5.10 Å². The monoisotopic (exact) mass is 487 g/mol. The number of aromatic nitrogens is 5. The Morgan fingerprint density at radius 2 is 1.91 bits per heavy atom. The molecular weight excluding hydrogens is 455 g/mol. The highest BCUT2D eigenvalue weighted by atomic mass is 19.4. The normalized spacial score (nSPS) is 12.3. The zero-order valence-corrected chi connectivity index (χ0v) is 18.6. The Morgan fingerprint density at radius 1 is 1.21 bits per heavy atom. The summed E-state index contributed by atoms with van der Waals surface area (Å²) in [5, 5.41) is 12.0. The highest BCUT2D eigenvalue weighted by Gasteiger charge is 2.30. The number of ether oxygens (including phenoxy) is 1. The molecule has 0 aliphatic rings. The Labute approximate surface area is 198 Å². The summed E-state index contributed by atoms with van der Waals surface area (Å²) in [6, 6.07) is 7.57. The van der Waals surface area contributed by atoms with Crippen LogP contribution in [0.5, 0.6) is 5.75 Å². The van der Waals surface area contributed by atoms with Gasteiger partial charge in [-0.1, -0.05) is 13.8 Å². The van der Waals surface area contributed by atoms with E-state index in [2.05, 4.69) is 30.7 Å². The molecule has 0 aliphatic carbocycles. The number of methoxy groups -OCH3 is 1. The number of anilines is 4. The number of hydrogen-bond acceptors (Lipinski definition) is 9. The maximum absolute atomic E-state index is 12.5. The molecule has 0 fully saturated rings. The molecule has 0 saturated carbocycles. The van der Waals surface area contributed by atoms with Gasteiger partial charge in [0.1, 0.15) is 24.2 Å². The minimum absolute atomic E-state index is 0. The largest absolute Gasteiger partial charge is 0.497 e. The first kappa shape index (κ1) is 24.5. The smallest absolute Gasteiger partial charge is 0.405 e. The molecule has 0 unspecified atom stereocenters. The van der Waals surface area contributed by atoms with Crippen molar-refractivity contribution in [1.82, 2.24) is 30.0 Å². The average Bonchev–Trinajstić information content (AvgIpc) is 3.15. The van der Waals surface area contributed by atoms with Gasteiger partial charge in [0.05, 0.1) is 7.11 Å². The first-order chi connectivity index (χ1) is 16.1. The fraction of sp³-hybridized carbons (Fsp3) is 0.350. The molecule has 5 N–H and O–H groups in total. The minimum Gasteiger partial charge on any atom is -0.497 e. The number of hydrogen-bond donors (Lipinski definition) is 4. The molecule has 1 aromatic carbocycles. The number of alkyl halides is 3. The lowest BCUT2D eigenvalue weighted by atomic mass is 10.0. The van der Waals surface area contributed by atoms with Gasteiger partial charge >= 0.3 is 6.18 Å². The van der Waals surface area contributed by atoms with Crippen molar-refractivity contribution in [3.63, 3.8) is 0 Å². The molecule has 34 heavy (non-hydrogen) atoms. The van der Waals surface area contributed by atoms with Crippen molar-refractivity contribution in [3.8, 4) is 11.7 Å². The van der Waals surface area contributed by atoms with E-state index in [-0.39, 0.29) is 35.3 Å². The molecule has 190 valence electrons. The highest BCUT2D eigenvalue weighted by Crippen LogP contribution is 2.20. The van der Waals surface area contributed by atoms with Gasteiger partial charge in [0.25, 0.3) is 5.95 Å². The Balaban J connectivity index is 0. The number of halogens is 3. The first-order valence-electron chi connectivity index (χ1n) is 10.1. The third-order valence-corrected chi connectivity index (χ3v) is 4.53. The van der Waals surface area contributed by atoms with Crippen molar-refractivity contribution in [2.75, 3.05) is 30.0 Å². The second kappa shape index (κ2) is 10.2. The van der Waals surface area contributed by atoms with Crippen LogP contribution in [0.1, 0.15) is 19.6 Å². The Kier molecular flexibility index (Phi) is 7.38. The van der Waals surface area contributed by atoms with Crippen LogP contribution in [-0.4, -0.2) is 56.5 Å². The topological polar surface area (TPSA) is 145 Å². The molecule has 11 nitrogen and oxygen atoms in total. The molecule has 0 spiro atoms. The fourth-order valence-electron chi connectivity index (χ4n) is 2.85. The molecule has 0 saturated heterocycles. The molecule has 0 bridgehead atoms. The lowest BCUT2D eigenvalue weighted by molar-refractivity contribution is -0.139. The third-order valence-electron chi connectivity index (χ3n) is 4.53. The summed E-state index contributed by atoms with van der Waals surface area (Å²) in [6.07, 6.45) is -3.12. The molecule has 14 heteroatoms. The van der Waals surface area contributed by atoms with Crippen molar-refractivity contribution >= 4 is 29.3 Å². The number of nitrogens with one attached hydrogen (secondary N) is 3. The minimum atomic E-state index is -4.51. The van der Waals surface area contributed by atoms with E-state index >= 15 is 0 Å². The molecule has 0 aliphatic heterocycles. The van der Waals surface area contributed by atoms with Gasteiger partial charge < -0.3 is 26.4 Å². The Bertz CT molecular complexity index is 1140. The number of amides is 1. The maximum Gasteiger partial charge on any atom is 0.405 e. The lowest BCUT2D eigenvalue weighted by Gasteiger charge is -2.22. The summed E-state index contributed by atoms with van der Waals surface area (Å²) in [6.45, 7) is 1.96. The van der Waals surface area contributed by atoms with Crippen LogP contribution >= 0.6 is 0 Å². The van der Waals surface area contributed by atoms with E-state index in [1.807, 2.05) is 5.32 Å². The van der Waals surface area contributed by atoms with Crippen LogP contribution in [0.15, 0.2) is 36.5 Å². The van der Waals surface area contributed by atoms with E-state index in [0.29, 0.717) is 11.4 Å². The maximum atomic E-state index is 12.5. The molecule has 2 heterocycles. The summed E-state index contributed by atoms with van der Waals surface area (Å²) in [7, 11) is 1.56. The molecule has 3 aromatic rings. The number of nitrogens with zero attached hydrogens (tertiary/aromatic N) is 5. The second-order valence-corrected chi connectivity index (χ2v) is 7.50. The number of nitrogen functional groups attached to an aromatic ring is 1. The summed E-state index contributed by atoms with van der Waals surface area (Å²) >= 11 is 0. The number of nitrogens with two attached hydrogens (primary N) is 1. The van der Waals surface area contributed by atoms with Gasteiger partial charge in [-0.25, -0.2) is 4.98 Å². The molecule has 2 aromatic heterocycles. The van der Waals surface area contributed by atoms with E-state index in [4.69, 9.17) is 10.5 Å². The quantitative estimate of drug-likeness (QED) is 0.356. The molecule has 1 amide bonds. The average molecular weight is 488 g/mol. The van der Waals surface area contributed by atoms with Crippen LogP contribution in [0.3, 0.4) is 0 Å². The van der Waals surface area contributed by atoms with Gasteiger partial charge in [0.2, 0.25) is 17.8 Å². The van der Waals surface area contributed by atoms with Crippen molar-refractivity contribution in [1.29, 1.82) is 0 Å². The van der Waals surface area contributed by atoms with Crippen LogP contribution in [-0.2, 0) is 4.79 Å². The Morgan fingerprint density at radius 3 is 2.53 bits per heavy atom. The van der Waals surface area contributed by atoms with Gasteiger partial charge in [-0.05, 0) is 36.2 Å². The molecule has 0 radical (unpaired) electrons. The predicted octanol–water partition coefficient (Wildman–Crippen LogP) is 3.49. The van der Waals surface area contributed by atoms with E-state index < -0.39 is 24.7 Å². The van der Waals surface area contributed by atoms with E-state index in [9.17, 15) is 18.0 Å². The SMILES string of the molecule is COc1ccc(Nc2nc(N)n(-c3nccc(N[C@H](C(=O)NCC(F)(F)F)C(C)C)n3)n2)cc1.[HH].[HH].[HH].[HH]. The molecular formula is C20H32F3N9O2. The van der Waals surface area contributed by atoms with E-state index in [1.165, 1.54) is 16.9 Å². The first-order valence-corrected chi connectivity index (χ1v) is 10.1. The summed E-state index contributed by atoms with van der Waals surface area (Å²) in [5.74, 6) is -0.00991.